The van der Waals surface area contributed by atoms with Crippen LogP contribution < -0.4 is 11.1 Å². The summed E-state index contributed by atoms with van der Waals surface area (Å²) in [5.41, 5.74) is 6.45. The Morgan fingerprint density at radius 1 is 1.30 bits per heavy atom. The topological polar surface area (TPSA) is 64.4 Å². The van der Waals surface area contributed by atoms with Crippen molar-refractivity contribution in [3.8, 4) is 0 Å². The van der Waals surface area contributed by atoms with Gasteiger partial charge in [0.15, 0.2) is 0 Å². The molecule has 6 heteroatoms. The monoisotopic (exact) mass is 318 g/mol. The third kappa shape index (κ3) is 4.09. The van der Waals surface area contributed by atoms with Crippen LogP contribution in [0.25, 0.3) is 0 Å². The highest BCUT2D eigenvalue weighted by atomic mass is 35.5. The third-order valence-electron chi connectivity index (χ3n) is 3.72. The van der Waals surface area contributed by atoms with Crippen LogP contribution in [0.2, 0.25) is 5.02 Å². The van der Waals surface area contributed by atoms with E-state index in [2.05, 4.69) is 5.32 Å². The molecule has 0 bridgehead atoms. The molecule has 1 aromatic carbocycles. The van der Waals surface area contributed by atoms with Gasteiger partial charge in [-0.25, -0.2) is 0 Å². The molecule has 1 aliphatic heterocycles. The number of benzene rings is 1. The van der Waals surface area contributed by atoms with Crippen molar-refractivity contribution in [1.82, 2.24) is 5.32 Å². The first-order valence-corrected chi connectivity index (χ1v) is 6.85. The number of ether oxygens (including phenoxy) is 1. The van der Waals surface area contributed by atoms with Crippen LogP contribution in [-0.4, -0.2) is 32.2 Å². The lowest BCUT2D eigenvalue weighted by Gasteiger charge is -2.38. The number of rotatable bonds is 4. The van der Waals surface area contributed by atoms with Gasteiger partial charge in [-0.15, -0.1) is 12.4 Å². The largest absolute Gasteiger partial charge is 0.381 e. The Labute approximate surface area is 130 Å². The first kappa shape index (κ1) is 17.2. The van der Waals surface area contributed by atoms with Crippen molar-refractivity contribution in [3.05, 3.63) is 34.9 Å². The molecular formula is C14H20Cl2N2O2. The predicted molar refractivity (Wildman–Crippen MR) is 82.5 cm³/mol. The van der Waals surface area contributed by atoms with E-state index in [-0.39, 0.29) is 30.3 Å². The summed E-state index contributed by atoms with van der Waals surface area (Å²) in [6.45, 7) is 2.03. The Bertz CT molecular complexity index is 431. The van der Waals surface area contributed by atoms with Gasteiger partial charge in [-0.1, -0.05) is 23.7 Å². The zero-order valence-electron chi connectivity index (χ0n) is 11.2. The van der Waals surface area contributed by atoms with Gasteiger partial charge in [0.05, 0.1) is 6.54 Å². The average Bonchev–Trinajstić information content (AvgIpc) is 2.46. The van der Waals surface area contributed by atoms with Gasteiger partial charge in [0.1, 0.15) is 0 Å². The second-order valence-electron chi connectivity index (χ2n) is 4.88. The number of nitrogens with two attached hydrogens (primary N) is 1. The van der Waals surface area contributed by atoms with Crippen LogP contribution in [0.1, 0.15) is 18.4 Å². The summed E-state index contributed by atoms with van der Waals surface area (Å²) in [7, 11) is 0. The molecule has 1 aromatic rings. The first-order chi connectivity index (χ1) is 9.16. The molecule has 112 valence electrons. The van der Waals surface area contributed by atoms with E-state index in [0.717, 1.165) is 17.9 Å². The summed E-state index contributed by atoms with van der Waals surface area (Å²) >= 11 is 5.93. The molecule has 1 saturated heterocycles. The lowest BCUT2D eigenvalue weighted by molar-refractivity contribution is -0.120. The van der Waals surface area contributed by atoms with E-state index in [9.17, 15) is 4.79 Å². The molecule has 0 aromatic heterocycles. The minimum atomic E-state index is -0.125. The van der Waals surface area contributed by atoms with Crippen LogP contribution in [0.5, 0.6) is 0 Å². The second-order valence-corrected chi connectivity index (χ2v) is 5.32. The Balaban J connectivity index is 0.00000200. The van der Waals surface area contributed by atoms with Crippen LogP contribution in [-0.2, 0) is 14.9 Å². The van der Waals surface area contributed by atoms with Crippen molar-refractivity contribution in [2.24, 2.45) is 5.73 Å². The smallest absolute Gasteiger partial charge is 0.233 e. The van der Waals surface area contributed by atoms with Crippen molar-refractivity contribution in [2.45, 2.75) is 18.3 Å². The predicted octanol–water partition coefficient (Wildman–Crippen LogP) is 1.88. The molecule has 3 N–H and O–H groups in total. The van der Waals surface area contributed by atoms with Gasteiger partial charge in [-0.2, -0.15) is 0 Å². The summed E-state index contributed by atoms with van der Waals surface area (Å²) < 4.78 is 5.44. The molecule has 20 heavy (non-hydrogen) atoms. The normalized spacial score (nSPS) is 17.1. The number of hydrogen-bond donors (Lipinski definition) is 2. The lowest BCUT2D eigenvalue weighted by Crippen LogP contribution is -2.45. The van der Waals surface area contributed by atoms with Gasteiger partial charge < -0.3 is 15.8 Å². The van der Waals surface area contributed by atoms with Crippen LogP contribution in [0.15, 0.2) is 24.3 Å². The van der Waals surface area contributed by atoms with Crippen molar-refractivity contribution in [3.63, 3.8) is 0 Å². The van der Waals surface area contributed by atoms with Crippen LogP contribution in [0, 0.1) is 0 Å². The molecule has 0 spiro atoms. The average molecular weight is 319 g/mol. The maximum Gasteiger partial charge on any atom is 0.233 e. The number of hydrogen-bond acceptors (Lipinski definition) is 3. The molecule has 1 aliphatic rings. The Morgan fingerprint density at radius 2 is 1.90 bits per heavy atom. The zero-order valence-corrected chi connectivity index (χ0v) is 12.8. The number of carbonyl (C=O) groups excluding carboxylic acids is 1. The summed E-state index contributed by atoms with van der Waals surface area (Å²) in [5, 5.41) is 3.62. The van der Waals surface area contributed by atoms with Crippen LogP contribution in [0.3, 0.4) is 0 Å². The Hall–Kier alpha value is -0.810. The number of halogens is 2. The number of carbonyl (C=O) groups is 1. The van der Waals surface area contributed by atoms with E-state index >= 15 is 0 Å². The third-order valence-corrected chi connectivity index (χ3v) is 3.97. The van der Waals surface area contributed by atoms with E-state index < -0.39 is 0 Å². The summed E-state index contributed by atoms with van der Waals surface area (Å²) in [5.74, 6) is -0.125. The number of amides is 1. The van der Waals surface area contributed by atoms with E-state index in [0.29, 0.717) is 19.8 Å². The van der Waals surface area contributed by atoms with Crippen molar-refractivity contribution in [2.75, 3.05) is 26.3 Å². The standard InChI is InChI=1S/C14H19ClN2O2.ClH/c15-12-3-1-11(2-4-12)14(5-7-19-8-6-14)10-17-13(18)9-16;/h1-4H,5-10,16H2,(H,17,18);1H. The maximum atomic E-state index is 11.4. The highest BCUT2D eigenvalue weighted by Gasteiger charge is 2.34. The molecule has 0 aliphatic carbocycles. The quantitative estimate of drug-likeness (QED) is 0.891. The zero-order chi connectivity index (χ0) is 13.7. The Morgan fingerprint density at radius 3 is 2.45 bits per heavy atom. The minimum absolute atomic E-state index is 0. The first-order valence-electron chi connectivity index (χ1n) is 6.47. The number of nitrogens with one attached hydrogen (secondary N) is 1. The van der Waals surface area contributed by atoms with Gasteiger partial charge in [0.2, 0.25) is 5.91 Å². The van der Waals surface area contributed by atoms with Gasteiger partial charge in [-0.05, 0) is 30.5 Å². The SMILES string of the molecule is Cl.NCC(=O)NCC1(c2ccc(Cl)cc2)CCOCC1. The molecule has 1 fully saturated rings. The summed E-state index contributed by atoms with van der Waals surface area (Å²) in [6, 6.07) is 7.84. The van der Waals surface area contributed by atoms with E-state index in [1.54, 1.807) is 0 Å². The maximum absolute atomic E-state index is 11.4. The van der Waals surface area contributed by atoms with Gasteiger partial charge in [-0.3, -0.25) is 4.79 Å². The van der Waals surface area contributed by atoms with E-state index in [4.69, 9.17) is 22.1 Å². The highest BCUT2D eigenvalue weighted by molar-refractivity contribution is 6.30. The minimum Gasteiger partial charge on any atom is -0.381 e. The molecule has 0 saturated carbocycles. The molecule has 0 atom stereocenters. The van der Waals surface area contributed by atoms with Crippen molar-refractivity contribution >= 4 is 29.9 Å². The molecular weight excluding hydrogens is 299 g/mol. The molecule has 2 rings (SSSR count). The highest BCUT2D eigenvalue weighted by Crippen LogP contribution is 2.34. The fraction of sp³-hybridized carbons (Fsp3) is 0.500. The second kappa shape index (κ2) is 7.84. The summed E-state index contributed by atoms with van der Waals surface area (Å²) in [4.78, 5) is 11.4. The van der Waals surface area contributed by atoms with Gasteiger partial charge >= 0.3 is 0 Å². The fourth-order valence-corrected chi connectivity index (χ4v) is 2.60. The molecule has 1 heterocycles. The fourth-order valence-electron chi connectivity index (χ4n) is 2.47. The summed E-state index contributed by atoms with van der Waals surface area (Å²) in [6.07, 6.45) is 1.78. The molecule has 0 unspecified atom stereocenters. The van der Waals surface area contributed by atoms with Gasteiger partial charge in [0.25, 0.3) is 0 Å². The van der Waals surface area contributed by atoms with Crippen molar-refractivity contribution < 1.29 is 9.53 Å². The van der Waals surface area contributed by atoms with Gasteiger partial charge in [0, 0.05) is 30.2 Å². The molecule has 0 radical (unpaired) electrons. The van der Waals surface area contributed by atoms with E-state index in [1.165, 1.54) is 5.56 Å². The van der Waals surface area contributed by atoms with E-state index in [1.807, 2.05) is 24.3 Å². The Kier molecular flexibility index (Phi) is 6.76. The van der Waals surface area contributed by atoms with Crippen molar-refractivity contribution in [1.29, 1.82) is 0 Å². The molecule has 4 nitrogen and oxygen atoms in total. The van der Waals surface area contributed by atoms with Crippen LogP contribution >= 0.6 is 24.0 Å². The molecule has 1 amide bonds. The lowest BCUT2D eigenvalue weighted by atomic mass is 9.74. The van der Waals surface area contributed by atoms with Crippen LogP contribution in [0.4, 0.5) is 0 Å².